The number of phenolic OH excluding ortho intramolecular Hbond substituents is 1. The number of aromatic hydroxyl groups is 1. The van der Waals surface area contributed by atoms with Gasteiger partial charge in [0.1, 0.15) is 5.75 Å². The molecule has 4 heteroatoms. The highest BCUT2D eigenvalue weighted by Crippen LogP contribution is 2.38. The van der Waals surface area contributed by atoms with Crippen molar-refractivity contribution in [3.63, 3.8) is 0 Å². The Bertz CT molecular complexity index is 635. The summed E-state index contributed by atoms with van der Waals surface area (Å²) >= 11 is 0. The Morgan fingerprint density at radius 3 is 2.62 bits per heavy atom. The zero-order valence-corrected chi connectivity index (χ0v) is 16.1. The third-order valence-electron chi connectivity index (χ3n) is 5.16. The predicted octanol–water partition coefficient (Wildman–Crippen LogP) is 3.87. The minimum Gasteiger partial charge on any atom is -0.507 e. The molecular formula is C22H31NO3. The lowest BCUT2D eigenvalue weighted by Crippen LogP contribution is -2.23. The van der Waals surface area contributed by atoms with Gasteiger partial charge in [0.05, 0.1) is 13.0 Å². The molecule has 0 amide bonds. The molecular weight excluding hydrogens is 326 g/mol. The number of carbonyl (C=O) groups excluding carboxylic acids is 1. The molecule has 0 unspecified atom stereocenters. The molecule has 1 saturated carbocycles. The summed E-state index contributed by atoms with van der Waals surface area (Å²) in [7, 11) is 0. The van der Waals surface area contributed by atoms with Crippen molar-refractivity contribution in [3.05, 3.63) is 29.3 Å². The summed E-state index contributed by atoms with van der Waals surface area (Å²) in [5, 5.41) is 10.6. The Morgan fingerprint density at radius 1 is 1.19 bits per heavy atom. The van der Waals surface area contributed by atoms with Crippen molar-refractivity contribution >= 4 is 5.97 Å². The molecule has 1 aliphatic carbocycles. The van der Waals surface area contributed by atoms with E-state index in [0.29, 0.717) is 18.0 Å². The summed E-state index contributed by atoms with van der Waals surface area (Å²) in [4.78, 5) is 14.2. The van der Waals surface area contributed by atoms with Crippen LogP contribution < -0.4 is 0 Å². The largest absolute Gasteiger partial charge is 0.507 e. The van der Waals surface area contributed by atoms with Gasteiger partial charge in [0.2, 0.25) is 0 Å². The summed E-state index contributed by atoms with van der Waals surface area (Å²) in [5.74, 6) is 6.23. The second-order valence-electron chi connectivity index (χ2n) is 6.84. The van der Waals surface area contributed by atoms with E-state index in [9.17, 15) is 9.90 Å². The molecule has 142 valence electrons. The number of nitrogens with zero attached hydrogens (tertiary/aromatic N) is 1. The summed E-state index contributed by atoms with van der Waals surface area (Å²) in [6.07, 6.45) is 6.01. The third kappa shape index (κ3) is 6.07. The zero-order chi connectivity index (χ0) is 18.8. The zero-order valence-electron chi connectivity index (χ0n) is 16.1. The molecule has 0 aliphatic heterocycles. The smallest absolute Gasteiger partial charge is 0.311 e. The fraction of sp³-hybridized carbons (Fsp3) is 0.591. The molecule has 0 saturated heterocycles. The summed E-state index contributed by atoms with van der Waals surface area (Å²) in [6.45, 7) is 6.90. The van der Waals surface area contributed by atoms with Crippen molar-refractivity contribution < 1.29 is 14.6 Å². The standard InChI is InChI=1S/C22H31NO3/c1-3-23(4-2)15-8-9-16-26-21(24)17-19-13-10-14-20(22(19)25)18-11-6-5-7-12-18/h10,13-14,18,25H,3-7,11-12,15-17H2,1-2H3. The Labute approximate surface area is 157 Å². The highest BCUT2D eigenvalue weighted by Gasteiger charge is 2.20. The van der Waals surface area contributed by atoms with Gasteiger partial charge in [0.15, 0.2) is 6.61 Å². The molecule has 0 bridgehead atoms. The summed E-state index contributed by atoms with van der Waals surface area (Å²) < 4.78 is 5.19. The van der Waals surface area contributed by atoms with Crippen LogP contribution in [0.15, 0.2) is 18.2 Å². The Kier molecular flexibility index (Phi) is 8.50. The van der Waals surface area contributed by atoms with E-state index >= 15 is 0 Å². The normalized spacial score (nSPS) is 14.7. The number of ether oxygens (including phenoxy) is 1. The van der Waals surface area contributed by atoms with Crippen LogP contribution in [0.25, 0.3) is 0 Å². The lowest BCUT2D eigenvalue weighted by Gasteiger charge is -2.23. The molecule has 1 aliphatic rings. The van der Waals surface area contributed by atoms with Gasteiger partial charge >= 0.3 is 5.97 Å². The highest BCUT2D eigenvalue weighted by atomic mass is 16.5. The molecule has 0 radical (unpaired) electrons. The van der Waals surface area contributed by atoms with Gasteiger partial charge in [-0.3, -0.25) is 9.69 Å². The van der Waals surface area contributed by atoms with E-state index < -0.39 is 0 Å². The van der Waals surface area contributed by atoms with Crippen LogP contribution in [0.4, 0.5) is 0 Å². The van der Waals surface area contributed by atoms with E-state index in [1.54, 1.807) is 6.07 Å². The van der Waals surface area contributed by atoms with E-state index in [0.717, 1.165) is 31.5 Å². The van der Waals surface area contributed by atoms with Crippen molar-refractivity contribution in [1.29, 1.82) is 0 Å². The first kappa shape index (κ1) is 20.3. The number of esters is 1. The fourth-order valence-corrected chi connectivity index (χ4v) is 3.49. The van der Waals surface area contributed by atoms with Crippen LogP contribution in [-0.2, 0) is 16.0 Å². The average Bonchev–Trinajstić information content (AvgIpc) is 2.67. The number of rotatable bonds is 7. The quantitative estimate of drug-likeness (QED) is 0.594. The first-order valence-corrected chi connectivity index (χ1v) is 9.80. The molecule has 2 rings (SSSR count). The molecule has 0 spiro atoms. The van der Waals surface area contributed by atoms with Crippen molar-refractivity contribution in [2.45, 2.75) is 58.3 Å². The van der Waals surface area contributed by atoms with Gasteiger partial charge in [0, 0.05) is 5.56 Å². The number of benzene rings is 1. The van der Waals surface area contributed by atoms with Crippen LogP contribution >= 0.6 is 0 Å². The van der Waals surface area contributed by atoms with Crippen LogP contribution in [0.3, 0.4) is 0 Å². The van der Waals surface area contributed by atoms with Crippen molar-refractivity contribution in [3.8, 4) is 17.6 Å². The molecule has 1 aromatic rings. The maximum atomic E-state index is 12.1. The Hall–Kier alpha value is -1.99. The highest BCUT2D eigenvalue weighted by molar-refractivity contribution is 5.74. The molecule has 0 atom stereocenters. The lowest BCUT2D eigenvalue weighted by atomic mass is 9.83. The fourth-order valence-electron chi connectivity index (χ4n) is 3.49. The van der Waals surface area contributed by atoms with E-state index in [-0.39, 0.29) is 24.7 Å². The third-order valence-corrected chi connectivity index (χ3v) is 5.16. The topological polar surface area (TPSA) is 49.8 Å². The summed E-state index contributed by atoms with van der Waals surface area (Å²) in [5.41, 5.74) is 1.63. The van der Waals surface area contributed by atoms with Crippen LogP contribution in [-0.4, -0.2) is 42.2 Å². The van der Waals surface area contributed by atoms with Gasteiger partial charge in [-0.1, -0.05) is 63.1 Å². The van der Waals surface area contributed by atoms with E-state index in [1.165, 1.54) is 19.3 Å². The molecule has 26 heavy (non-hydrogen) atoms. The molecule has 0 heterocycles. The van der Waals surface area contributed by atoms with Gasteiger partial charge in [-0.25, -0.2) is 0 Å². The van der Waals surface area contributed by atoms with E-state index in [2.05, 4.69) is 30.6 Å². The molecule has 4 nitrogen and oxygen atoms in total. The number of hydrogen-bond acceptors (Lipinski definition) is 4. The Morgan fingerprint density at radius 2 is 1.92 bits per heavy atom. The van der Waals surface area contributed by atoms with Gasteiger partial charge < -0.3 is 9.84 Å². The van der Waals surface area contributed by atoms with Gasteiger partial charge in [0.25, 0.3) is 0 Å². The SMILES string of the molecule is CCN(CC)CC#CCOC(=O)Cc1cccc(C2CCCCC2)c1O. The number of hydrogen-bond donors (Lipinski definition) is 1. The van der Waals surface area contributed by atoms with Gasteiger partial charge in [-0.2, -0.15) is 0 Å². The van der Waals surface area contributed by atoms with E-state index in [1.807, 2.05) is 12.1 Å². The maximum Gasteiger partial charge on any atom is 0.311 e. The maximum absolute atomic E-state index is 12.1. The van der Waals surface area contributed by atoms with Crippen molar-refractivity contribution in [2.75, 3.05) is 26.2 Å². The summed E-state index contributed by atoms with van der Waals surface area (Å²) in [6, 6.07) is 5.71. The average molecular weight is 357 g/mol. The Balaban J connectivity index is 1.86. The first-order valence-electron chi connectivity index (χ1n) is 9.80. The molecule has 0 aromatic heterocycles. The van der Waals surface area contributed by atoms with Crippen LogP contribution in [0.1, 0.15) is 63.0 Å². The van der Waals surface area contributed by atoms with Crippen molar-refractivity contribution in [2.24, 2.45) is 0 Å². The minimum atomic E-state index is -0.349. The molecule has 1 fully saturated rings. The van der Waals surface area contributed by atoms with Crippen LogP contribution in [0, 0.1) is 11.8 Å². The minimum absolute atomic E-state index is 0.0874. The predicted molar refractivity (Wildman–Crippen MR) is 104 cm³/mol. The van der Waals surface area contributed by atoms with Crippen LogP contribution in [0.5, 0.6) is 5.75 Å². The van der Waals surface area contributed by atoms with E-state index in [4.69, 9.17) is 4.74 Å². The number of phenols is 1. The molecule has 1 N–H and O–H groups in total. The van der Waals surface area contributed by atoms with Gasteiger partial charge in [-0.05, 0) is 37.4 Å². The van der Waals surface area contributed by atoms with Gasteiger partial charge in [-0.15, -0.1) is 0 Å². The number of carbonyl (C=O) groups is 1. The lowest BCUT2D eigenvalue weighted by molar-refractivity contribution is -0.141. The molecule has 1 aromatic carbocycles. The number of para-hydroxylation sites is 1. The van der Waals surface area contributed by atoms with Crippen molar-refractivity contribution in [1.82, 2.24) is 4.90 Å². The second-order valence-corrected chi connectivity index (χ2v) is 6.84. The monoisotopic (exact) mass is 357 g/mol. The van der Waals surface area contributed by atoms with Crippen LogP contribution in [0.2, 0.25) is 0 Å². The first-order chi connectivity index (χ1) is 12.7. The second kappa shape index (κ2) is 10.9.